The number of allylic oxidation sites excluding steroid dienone is 11. The Kier molecular flexibility index (Phi) is 34.2. The summed E-state index contributed by atoms with van der Waals surface area (Å²) in [6.07, 6.45) is 46.8. The van der Waals surface area contributed by atoms with Crippen LogP contribution in [0.15, 0.2) is 72.9 Å². The van der Waals surface area contributed by atoms with Crippen molar-refractivity contribution in [3.8, 4) is 0 Å². The maximum Gasteiger partial charge on any atom is 0.472 e. The molecular weight excluding hydrogens is 683 g/mol. The molecule has 3 atom stereocenters. The van der Waals surface area contributed by atoms with Crippen molar-refractivity contribution >= 4 is 13.7 Å². The number of unbranched alkanes of at least 4 members (excludes halogenated alkanes) is 13. The van der Waals surface area contributed by atoms with Gasteiger partial charge in [0.15, 0.2) is 0 Å². The van der Waals surface area contributed by atoms with Crippen molar-refractivity contribution in [1.82, 2.24) is 5.32 Å². The number of nitrogens with zero attached hydrogens (tertiary/aromatic N) is 1. The summed E-state index contributed by atoms with van der Waals surface area (Å²) >= 11 is 0. The molecule has 0 rings (SSSR count). The van der Waals surface area contributed by atoms with E-state index in [1.807, 2.05) is 27.2 Å². The van der Waals surface area contributed by atoms with Crippen LogP contribution < -0.4 is 5.32 Å². The standard InChI is InChI=1S/C44H79N2O6P/c1-6-8-10-12-14-16-18-20-21-22-23-24-25-26-28-30-32-34-36-38-44(48)45-42(41-52-53(49,50)51-40-39-46(3,4)5)43(47)37-35-33-31-29-27-19-17-15-13-11-9-7-2/h13-16,20-21,23-24,27,29,35,37,42-43,47H,6-12,17-19,22,25-26,28,30-34,36,38-41H2,1-5H3,(H-,45,48,49,50)/p+1/b15-13+,16-14-,21-20-,24-23-,29-27+,37-35+. The summed E-state index contributed by atoms with van der Waals surface area (Å²) in [6.45, 7) is 4.66. The highest BCUT2D eigenvalue weighted by Crippen LogP contribution is 2.43. The van der Waals surface area contributed by atoms with Crippen LogP contribution in [0.5, 0.6) is 0 Å². The predicted octanol–water partition coefficient (Wildman–Crippen LogP) is 11.2. The van der Waals surface area contributed by atoms with Crippen LogP contribution in [-0.2, 0) is 18.4 Å². The van der Waals surface area contributed by atoms with Crippen molar-refractivity contribution < 1.29 is 32.9 Å². The molecule has 3 unspecified atom stereocenters. The SMILES string of the molecule is CCCC/C=C/CC/C=C/CC/C=C/C(O)C(COP(=O)(O)OCC[N+](C)(C)C)NC(=O)CCCCCCCC/C=C\C/C=C\C/C=C\CCCCC. The summed E-state index contributed by atoms with van der Waals surface area (Å²) in [5.41, 5.74) is 0. The van der Waals surface area contributed by atoms with Gasteiger partial charge < -0.3 is 19.8 Å². The molecule has 0 radical (unpaired) electrons. The molecule has 3 N–H and O–H groups in total. The summed E-state index contributed by atoms with van der Waals surface area (Å²) in [7, 11) is 1.52. The lowest BCUT2D eigenvalue weighted by Crippen LogP contribution is -2.45. The molecule has 0 aliphatic heterocycles. The number of phosphoric ester groups is 1. The highest BCUT2D eigenvalue weighted by Gasteiger charge is 2.27. The van der Waals surface area contributed by atoms with Crippen LogP contribution in [-0.4, -0.2) is 73.4 Å². The van der Waals surface area contributed by atoms with Crippen molar-refractivity contribution in [2.24, 2.45) is 0 Å². The Labute approximate surface area is 325 Å². The third-order valence-electron chi connectivity index (χ3n) is 8.63. The molecule has 0 fully saturated rings. The minimum atomic E-state index is -4.35. The fourth-order valence-electron chi connectivity index (χ4n) is 5.24. The predicted molar refractivity (Wildman–Crippen MR) is 226 cm³/mol. The number of nitrogens with one attached hydrogen (secondary N) is 1. The van der Waals surface area contributed by atoms with Crippen molar-refractivity contribution in [3.05, 3.63) is 72.9 Å². The second kappa shape index (κ2) is 35.6. The number of likely N-dealkylation sites (N-methyl/N-ethyl adjacent to an activating group) is 1. The Morgan fingerprint density at radius 2 is 1.11 bits per heavy atom. The Bertz CT molecular complexity index is 1090. The Morgan fingerprint density at radius 3 is 1.70 bits per heavy atom. The van der Waals surface area contributed by atoms with Gasteiger partial charge in [-0.05, 0) is 77.0 Å². The van der Waals surface area contributed by atoms with E-state index in [0.29, 0.717) is 17.4 Å². The summed E-state index contributed by atoms with van der Waals surface area (Å²) < 4.78 is 23.5. The number of aliphatic hydroxyl groups excluding tert-OH is 1. The molecule has 0 saturated heterocycles. The molecule has 0 spiro atoms. The smallest absolute Gasteiger partial charge is 0.387 e. The van der Waals surface area contributed by atoms with Crippen LogP contribution in [0.2, 0.25) is 0 Å². The Morgan fingerprint density at radius 1 is 0.642 bits per heavy atom. The molecule has 53 heavy (non-hydrogen) atoms. The second-order valence-electron chi connectivity index (χ2n) is 15.0. The van der Waals surface area contributed by atoms with E-state index in [1.165, 1.54) is 51.4 Å². The van der Waals surface area contributed by atoms with E-state index in [0.717, 1.165) is 77.0 Å². The summed E-state index contributed by atoms with van der Waals surface area (Å²) in [4.78, 5) is 23.0. The van der Waals surface area contributed by atoms with E-state index in [-0.39, 0.29) is 19.1 Å². The Balaban J connectivity index is 4.53. The molecule has 0 heterocycles. The van der Waals surface area contributed by atoms with Crippen LogP contribution in [0, 0.1) is 0 Å². The summed E-state index contributed by atoms with van der Waals surface area (Å²) in [5.74, 6) is -0.210. The zero-order chi connectivity index (χ0) is 39.3. The van der Waals surface area contributed by atoms with Crippen LogP contribution in [0.3, 0.4) is 0 Å². The molecule has 1 amide bonds. The van der Waals surface area contributed by atoms with Gasteiger partial charge in [0.05, 0.1) is 39.9 Å². The van der Waals surface area contributed by atoms with E-state index >= 15 is 0 Å². The van der Waals surface area contributed by atoms with Gasteiger partial charge in [0.1, 0.15) is 13.2 Å². The van der Waals surface area contributed by atoms with Crippen LogP contribution >= 0.6 is 7.82 Å². The maximum absolute atomic E-state index is 12.8. The van der Waals surface area contributed by atoms with Gasteiger partial charge in [-0.3, -0.25) is 13.8 Å². The van der Waals surface area contributed by atoms with Gasteiger partial charge in [-0.1, -0.05) is 138 Å². The molecule has 8 nitrogen and oxygen atoms in total. The first-order valence-corrected chi connectivity index (χ1v) is 22.3. The molecular formula is C44H80N2O6P+. The topological polar surface area (TPSA) is 105 Å². The number of hydrogen-bond donors (Lipinski definition) is 3. The molecule has 9 heteroatoms. The van der Waals surface area contributed by atoms with E-state index in [9.17, 15) is 19.4 Å². The number of hydrogen-bond acceptors (Lipinski definition) is 5. The first-order chi connectivity index (χ1) is 25.5. The molecule has 306 valence electrons. The molecule has 0 saturated carbocycles. The van der Waals surface area contributed by atoms with Crippen molar-refractivity contribution in [2.45, 2.75) is 161 Å². The second-order valence-corrected chi connectivity index (χ2v) is 16.4. The van der Waals surface area contributed by atoms with E-state index in [1.54, 1.807) is 6.08 Å². The lowest BCUT2D eigenvalue weighted by molar-refractivity contribution is -0.870. The lowest BCUT2D eigenvalue weighted by atomic mass is 10.1. The third-order valence-corrected chi connectivity index (χ3v) is 9.61. The normalized spacial score (nSPS) is 15.2. The molecule has 0 aliphatic carbocycles. The monoisotopic (exact) mass is 764 g/mol. The number of carbonyl (C=O) groups is 1. The molecule has 0 aromatic carbocycles. The lowest BCUT2D eigenvalue weighted by Gasteiger charge is -2.25. The van der Waals surface area contributed by atoms with Gasteiger partial charge in [-0.15, -0.1) is 0 Å². The van der Waals surface area contributed by atoms with Gasteiger partial charge in [0, 0.05) is 6.42 Å². The van der Waals surface area contributed by atoms with Crippen molar-refractivity contribution in [2.75, 3.05) is 40.9 Å². The number of carbonyl (C=O) groups excluding carboxylic acids is 1. The van der Waals surface area contributed by atoms with Gasteiger partial charge in [0.2, 0.25) is 5.91 Å². The highest BCUT2D eigenvalue weighted by atomic mass is 31.2. The third kappa shape index (κ3) is 38.0. The summed E-state index contributed by atoms with van der Waals surface area (Å²) in [6, 6.07) is -0.878. The largest absolute Gasteiger partial charge is 0.472 e. The minimum Gasteiger partial charge on any atom is -0.387 e. The molecule has 0 aromatic rings. The average molecular weight is 764 g/mol. The highest BCUT2D eigenvalue weighted by molar-refractivity contribution is 7.47. The van der Waals surface area contributed by atoms with Gasteiger partial charge in [-0.2, -0.15) is 0 Å². The van der Waals surface area contributed by atoms with Crippen molar-refractivity contribution in [1.29, 1.82) is 0 Å². The fraction of sp³-hybridized carbons (Fsp3) is 0.705. The quantitative estimate of drug-likeness (QED) is 0.0254. The van der Waals surface area contributed by atoms with Crippen LogP contribution in [0.4, 0.5) is 0 Å². The Hall–Kier alpha value is -2.06. The first-order valence-electron chi connectivity index (χ1n) is 20.8. The first kappa shape index (κ1) is 50.9. The van der Waals surface area contributed by atoms with Crippen LogP contribution in [0.1, 0.15) is 149 Å². The number of aliphatic hydroxyl groups is 1. The van der Waals surface area contributed by atoms with E-state index in [4.69, 9.17) is 9.05 Å². The van der Waals surface area contributed by atoms with Gasteiger partial charge >= 0.3 is 7.82 Å². The van der Waals surface area contributed by atoms with Gasteiger partial charge in [0.25, 0.3) is 0 Å². The number of amides is 1. The van der Waals surface area contributed by atoms with E-state index in [2.05, 4.69) is 79.9 Å². The van der Waals surface area contributed by atoms with Crippen LogP contribution in [0.25, 0.3) is 0 Å². The molecule has 0 bridgehead atoms. The number of phosphoric acid groups is 1. The van der Waals surface area contributed by atoms with Crippen molar-refractivity contribution in [3.63, 3.8) is 0 Å². The summed E-state index contributed by atoms with van der Waals surface area (Å²) in [5, 5.41) is 13.7. The fourth-order valence-corrected chi connectivity index (χ4v) is 5.98. The minimum absolute atomic E-state index is 0.0469. The average Bonchev–Trinajstić information content (AvgIpc) is 3.10. The number of rotatable bonds is 36. The maximum atomic E-state index is 12.8. The number of quaternary nitrogens is 1. The zero-order valence-corrected chi connectivity index (χ0v) is 35.4. The molecule has 0 aromatic heterocycles. The molecule has 0 aliphatic rings. The van der Waals surface area contributed by atoms with Gasteiger partial charge in [-0.25, -0.2) is 4.57 Å². The zero-order valence-electron chi connectivity index (χ0n) is 34.5. The van der Waals surface area contributed by atoms with E-state index < -0.39 is 20.0 Å².